The fourth-order valence-corrected chi connectivity index (χ4v) is 1.58. The van der Waals surface area contributed by atoms with E-state index in [2.05, 4.69) is 13.5 Å². The predicted molar refractivity (Wildman–Crippen MR) is 43.0 cm³/mol. The summed E-state index contributed by atoms with van der Waals surface area (Å²) in [4.78, 5) is 13.4. The van der Waals surface area contributed by atoms with Crippen molar-refractivity contribution in [2.45, 2.75) is 25.8 Å². The van der Waals surface area contributed by atoms with Crippen LogP contribution in [0.15, 0.2) is 12.2 Å². The van der Waals surface area contributed by atoms with Gasteiger partial charge in [-0.05, 0) is 12.8 Å². The van der Waals surface area contributed by atoms with Gasteiger partial charge in [-0.1, -0.05) is 13.5 Å². The molecule has 0 aromatic rings. The van der Waals surface area contributed by atoms with Gasteiger partial charge in [0.1, 0.15) is 0 Å². The first-order valence-electron chi connectivity index (χ1n) is 4.20. The Labute approximate surface area is 66.9 Å². The maximum atomic E-state index is 11.4. The van der Waals surface area contributed by atoms with E-state index in [1.54, 1.807) is 0 Å². The first-order chi connectivity index (χ1) is 5.20. The van der Waals surface area contributed by atoms with Crippen LogP contribution in [0.3, 0.4) is 0 Å². The molecule has 1 atom stereocenters. The highest BCUT2D eigenvalue weighted by atomic mass is 16.2. The minimum Gasteiger partial charge on any atom is -0.335 e. The number of amides is 1. The molecule has 0 N–H and O–H groups in total. The van der Waals surface area contributed by atoms with Crippen molar-refractivity contribution in [1.82, 2.24) is 4.90 Å². The number of carbonyl (C=O) groups is 1. The summed E-state index contributed by atoms with van der Waals surface area (Å²) in [5.41, 5.74) is 0.803. The van der Waals surface area contributed by atoms with E-state index in [4.69, 9.17) is 0 Å². The normalized spacial score (nSPS) is 31.7. The molecule has 1 unspecified atom stereocenters. The fraction of sp³-hybridized carbons (Fsp3) is 0.667. The van der Waals surface area contributed by atoms with Crippen molar-refractivity contribution in [3.05, 3.63) is 12.2 Å². The molecule has 1 amide bonds. The first-order valence-corrected chi connectivity index (χ1v) is 4.20. The average molecular weight is 151 g/mol. The van der Waals surface area contributed by atoms with Gasteiger partial charge < -0.3 is 4.90 Å². The third-order valence-electron chi connectivity index (χ3n) is 2.59. The molecule has 2 rings (SSSR count). The van der Waals surface area contributed by atoms with Gasteiger partial charge in [0.15, 0.2) is 0 Å². The van der Waals surface area contributed by atoms with Crippen LogP contribution in [0.4, 0.5) is 0 Å². The van der Waals surface area contributed by atoms with Crippen molar-refractivity contribution in [2.75, 3.05) is 6.54 Å². The van der Waals surface area contributed by atoms with E-state index < -0.39 is 0 Å². The maximum absolute atomic E-state index is 11.4. The summed E-state index contributed by atoms with van der Waals surface area (Å²) in [6, 6.07) is 0.559. The molecule has 1 heterocycles. The molecule has 11 heavy (non-hydrogen) atoms. The number of rotatable bonds is 1. The van der Waals surface area contributed by atoms with E-state index in [-0.39, 0.29) is 5.91 Å². The Bertz CT molecular complexity index is 218. The molecule has 2 heteroatoms. The van der Waals surface area contributed by atoms with E-state index in [0.717, 1.165) is 12.1 Å². The van der Waals surface area contributed by atoms with Gasteiger partial charge in [-0.2, -0.15) is 0 Å². The summed E-state index contributed by atoms with van der Waals surface area (Å²) in [5.74, 6) is 0.572. The van der Waals surface area contributed by atoms with Gasteiger partial charge in [-0.3, -0.25) is 4.79 Å². The van der Waals surface area contributed by atoms with Crippen LogP contribution >= 0.6 is 0 Å². The molecule has 1 aliphatic heterocycles. The van der Waals surface area contributed by atoms with E-state index in [1.807, 2.05) is 4.90 Å². The van der Waals surface area contributed by atoms with Crippen molar-refractivity contribution >= 4 is 5.91 Å². The highest BCUT2D eigenvalue weighted by Crippen LogP contribution is 2.33. The molecule has 0 aromatic carbocycles. The zero-order chi connectivity index (χ0) is 8.01. The molecule has 2 fully saturated rings. The van der Waals surface area contributed by atoms with Crippen LogP contribution < -0.4 is 0 Å². The zero-order valence-electron chi connectivity index (χ0n) is 6.84. The molecule has 0 spiro atoms. The lowest BCUT2D eigenvalue weighted by atomic mass is 10.1. The summed E-state index contributed by atoms with van der Waals surface area (Å²) in [7, 11) is 0. The van der Waals surface area contributed by atoms with Gasteiger partial charge >= 0.3 is 0 Å². The second kappa shape index (κ2) is 2.10. The van der Waals surface area contributed by atoms with Crippen LogP contribution in [0.5, 0.6) is 0 Å². The van der Waals surface area contributed by atoms with Gasteiger partial charge in [0.05, 0.1) is 0 Å². The smallest absolute Gasteiger partial charge is 0.249 e. The van der Waals surface area contributed by atoms with Crippen LogP contribution in [0, 0.1) is 5.92 Å². The summed E-state index contributed by atoms with van der Waals surface area (Å²) in [6.45, 7) is 6.76. The second-order valence-corrected chi connectivity index (χ2v) is 3.61. The molecule has 0 aromatic heterocycles. The largest absolute Gasteiger partial charge is 0.335 e. The summed E-state index contributed by atoms with van der Waals surface area (Å²) in [5, 5.41) is 0. The monoisotopic (exact) mass is 151 g/mol. The van der Waals surface area contributed by atoms with Crippen molar-refractivity contribution in [1.29, 1.82) is 0 Å². The Morgan fingerprint density at radius 2 is 2.18 bits per heavy atom. The van der Waals surface area contributed by atoms with Crippen LogP contribution in [-0.2, 0) is 4.79 Å². The van der Waals surface area contributed by atoms with Crippen molar-refractivity contribution in [3.8, 4) is 0 Å². The minimum absolute atomic E-state index is 0.194. The molecule has 1 saturated carbocycles. The highest BCUT2D eigenvalue weighted by molar-refractivity contribution is 5.96. The number of hydrogen-bond donors (Lipinski definition) is 0. The molecule has 0 bridgehead atoms. The molecular weight excluding hydrogens is 138 g/mol. The number of nitrogens with zero attached hydrogens (tertiary/aromatic N) is 1. The molecule has 1 aliphatic carbocycles. The van der Waals surface area contributed by atoms with E-state index in [1.165, 1.54) is 12.8 Å². The average Bonchev–Trinajstić information content (AvgIpc) is 2.76. The van der Waals surface area contributed by atoms with E-state index in [9.17, 15) is 4.79 Å². The lowest BCUT2D eigenvalue weighted by molar-refractivity contribution is -0.125. The Morgan fingerprint density at radius 3 is 2.55 bits per heavy atom. The summed E-state index contributed by atoms with van der Waals surface area (Å²) >= 11 is 0. The van der Waals surface area contributed by atoms with Gasteiger partial charge in [0, 0.05) is 24.1 Å². The Hall–Kier alpha value is -0.790. The fourth-order valence-electron chi connectivity index (χ4n) is 1.58. The zero-order valence-corrected chi connectivity index (χ0v) is 6.84. The van der Waals surface area contributed by atoms with Crippen LogP contribution in [0.1, 0.15) is 19.8 Å². The van der Waals surface area contributed by atoms with Crippen molar-refractivity contribution in [3.63, 3.8) is 0 Å². The predicted octanol–water partition coefficient (Wildman–Crippen LogP) is 1.18. The van der Waals surface area contributed by atoms with Gasteiger partial charge in [0.25, 0.3) is 0 Å². The number of hydrogen-bond acceptors (Lipinski definition) is 1. The third-order valence-corrected chi connectivity index (χ3v) is 2.59. The lowest BCUT2D eigenvalue weighted by Crippen LogP contribution is -2.27. The maximum Gasteiger partial charge on any atom is 0.249 e. The number of likely N-dealkylation sites (tertiary alicyclic amines) is 1. The van der Waals surface area contributed by atoms with E-state index >= 15 is 0 Å². The summed E-state index contributed by atoms with van der Waals surface area (Å²) in [6.07, 6.45) is 2.40. The number of carbonyl (C=O) groups excluding carboxylic acids is 1. The van der Waals surface area contributed by atoms with Crippen molar-refractivity contribution in [2.24, 2.45) is 5.92 Å². The van der Waals surface area contributed by atoms with Gasteiger partial charge in [-0.25, -0.2) is 0 Å². The Balaban J connectivity index is 2.14. The molecule has 1 saturated heterocycles. The van der Waals surface area contributed by atoms with E-state index in [0.29, 0.717) is 12.0 Å². The Kier molecular flexibility index (Phi) is 1.31. The quantitative estimate of drug-likeness (QED) is 0.515. The van der Waals surface area contributed by atoms with Gasteiger partial charge in [-0.15, -0.1) is 0 Å². The minimum atomic E-state index is 0.194. The molecule has 0 radical (unpaired) electrons. The molecule has 2 aliphatic rings. The second-order valence-electron chi connectivity index (χ2n) is 3.61. The van der Waals surface area contributed by atoms with Gasteiger partial charge in [0.2, 0.25) is 5.91 Å². The van der Waals surface area contributed by atoms with Crippen LogP contribution in [0.2, 0.25) is 0 Å². The summed E-state index contributed by atoms with van der Waals surface area (Å²) < 4.78 is 0. The highest BCUT2D eigenvalue weighted by Gasteiger charge is 2.39. The molecule has 2 nitrogen and oxygen atoms in total. The molecular formula is C9H13NO. The SMILES string of the molecule is C=C1C(=O)N(C2CC2)CC1C. The van der Waals surface area contributed by atoms with Crippen molar-refractivity contribution < 1.29 is 4.79 Å². The standard InChI is InChI=1S/C9H13NO/c1-6-5-10(8-3-4-8)9(11)7(6)2/h6,8H,2-5H2,1H3. The topological polar surface area (TPSA) is 20.3 Å². The van der Waals surface area contributed by atoms with Crippen LogP contribution in [0.25, 0.3) is 0 Å². The first kappa shape index (κ1) is 6.89. The third kappa shape index (κ3) is 0.971. The molecule has 60 valence electrons. The van der Waals surface area contributed by atoms with Crippen LogP contribution in [-0.4, -0.2) is 23.4 Å². The lowest BCUT2D eigenvalue weighted by Gasteiger charge is -2.13. The Morgan fingerprint density at radius 1 is 1.55 bits per heavy atom.